The molecule has 2 aromatic carbocycles. The summed E-state index contributed by atoms with van der Waals surface area (Å²) in [5.41, 5.74) is 0.991. The highest BCUT2D eigenvalue weighted by Gasteiger charge is 2.41. The monoisotopic (exact) mass is 447 g/mol. The number of sulfonamides is 1. The van der Waals surface area contributed by atoms with Crippen LogP contribution in [0.15, 0.2) is 54.7 Å². The third-order valence-electron chi connectivity index (χ3n) is 5.07. The highest BCUT2D eigenvalue weighted by Crippen LogP contribution is 2.37. The van der Waals surface area contributed by atoms with Gasteiger partial charge in [0.15, 0.2) is 0 Å². The van der Waals surface area contributed by atoms with Crippen LogP contribution in [0.25, 0.3) is 10.9 Å². The van der Waals surface area contributed by atoms with Crippen molar-refractivity contribution >= 4 is 44.1 Å². The zero-order valence-corrected chi connectivity index (χ0v) is 19.0. The second-order valence-electron chi connectivity index (χ2n) is 7.65. The number of carbonyl (C=O) groups excluding carboxylic acids is 1. The number of nitrogens with one attached hydrogen (secondary N) is 2. The molecule has 0 aliphatic rings. The van der Waals surface area contributed by atoms with Crippen LogP contribution in [0.1, 0.15) is 32.8 Å². The highest BCUT2D eigenvalue weighted by atomic mass is 35.5. The third-order valence-corrected chi connectivity index (χ3v) is 5.91. The fourth-order valence-electron chi connectivity index (χ4n) is 3.81. The molecule has 1 heterocycles. The van der Waals surface area contributed by atoms with Gasteiger partial charge in [0.1, 0.15) is 5.54 Å². The minimum Gasteiger partial charge on any atom is -0.352 e. The zero-order chi connectivity index (χ0) is 22.1. The van der Waals surface area contributed by atoms with E-state index >= 15 is 0 Å². The van der Waals surface area contributed by atoms with Gasteiger partial charge < -0.3 is 9.88 Å². The Bertz CT molecular complexity index is 1170. The van der Waals surface area contributed by atoms with Crippen molar-refractivity contribution in [3.63, 3.8) is 0 Å². The van der Waals surface area contributed by atoms with Crippen LogP contribution in [-0.2, 0) is 20.4 Å². The molecule has 2 N–H and O–H groups in total. The van der Waals surface area contributed by atoms with Gasteiger partial charge in [-0.2, -0.15) is 0 Å². The van der Waals surface area contributed by atoms with Crippen LogP contribution in [0.4, 0.5) is 5.69 Å². The molecule has 1 amide bonds. The van der Waals surface area contributed by atoms with Gasteiger partial charge in [0.2, 0.25) is 10.0 Å². The quantitative estimate of drug-likeness (QED) is 0.565. The number of hydrogen-bond donors (Lipinski definition) is 2. The minimum absolute atomic E-state index is 0.0417. The van der Waals surface area contributed by atoms with Gasteiger partial charge in [-0.1, -0.05) is 36.7 Å². The molecule has 1 aromatic heterocycles. The molecule has 1 atom stereocenters. The summed E-state index contributed by atoms with van der Waals surface area (Å²) in [4.78, 5) is 13.6. The molecule has 1 unspecified atom stereocenters. The van der Waals surface area contributed by atoms with Gasteiger partial charge in [-0.25, -0.2) is 8.42 Å². The van der Waals surface area contributed by atoms with E-state index in [0.29, 0.717) is 22.5 Å². The number of amides is 1. The van der Waals surface area contributed by atoms with E-state index in [4.69, 9.17) is 11.6 Å². The number of aromatic nitrogens is 1. The summed E-state index contributed by atoms with van der Waals surface area (Å²) < 4.78 is 28.1. The minimum atomic E-state index is -3.44. The Morgan fingerprint density at radius 2 is 1.80 bits per heavy atom. The SMILES string of the molecule is CCC(C(=O)NC(C)C)(c1ccc(Cl)cc1)n1ccc2c(NS(C)(=O)=O)cccc21. The smallest absolute Gasteiger partial charge is 0.251 e. The normalized spacial score (nSPS) is 13.9. The van der Waals surface area contributed by atoms with Crippen molar-refractivity contribution < 1.29 is 13.2 Å². The zero-order valence-electron chi connectivity index (χ0n) is 17.4. The molecule has 0 fully saturated rings. The van der Waals surface area contributed by atoms with E-state index in [0.717, 1.165) is 17.3 Å². The average Bonchev–Trinajstić information content (AvgIpc) is 3.08. The van der Waals surface area contributed by atoms with Gasteiger partial charge in [0.25, 0.3) is 5.91 Å². The summed E-state index contributed by atoms with van der Waals surface area (Å²) in [7, 11) is -3.44. The summed E-state index contributed by atoms with van der Waals surface area (Å²) >= 11 is 6.10. The van der Waals surface area contributed by atoms with Crippen LogP contribution in [0, 0.1) is 0 Å². The van der Waals surface area contributed by atoms with Crippen molar-refractivity contribution in [2.24, 2.45) is 0 Å². The van der Waals surface area contributed by atoms with Crippen molar-refractivity contribution in [1.82, 2.24) is 9.88 Å². The van der Waals surface area contributed by atoms with Crippen LogP contribution in [0.5, 0.6) is 0 Å². The van der Waals surface area contributed by atoms with Crippen LogP contribution >= 0.6 is 11.6 Å². The highest BCUT2D eigenvalue weighted by molar-refractivity contribution is 7.92. The number of carbonyl (C=O) groups is 1. The summed E-state index contributed by atoms with van der Waals surface area (Å²) in [6.45, 7) is 5.79. The lowest BCUT2D eigenvalue weighted by Crippen LogP contribution is -2.51. The maximum absolute atomic E-state index is 13.6. The maximum atomic E-state index is 13.6. The Balaban J connectivity index is 2.29. The molecule has 160 valence electrons. The Labute approximate surface area is 182 Å². The first-order chi connectivity index (χ1) is 14.1. The Morgan fingerprint density at radius 1 is 1.13 bits per heavy atom. The number of halogens is 1. The molecular formula is C22H26ClN3O3S. The van der Waals surface area contributed by atoms with Crippen molar-refractivity contribution in [3.05, 3.63) is 65.3 Å². The fraction of sp³-hybridized carbons (Fsp3) is 0.318. The topological polar surface area (TPSA) is 80.2 Å². The van der Waals surface area contributed by atoms with Crippen molar-refractivity contribution in [1.29, 1.82) is 0 Å². The molecule has 0 spiro atoms. The summed E-state index contributed by atoms with van der Waals surface area (Å²) in [5.74, 6) is -0.138. The number of benzene rings is 2. The van der Waals surface area contributed by atoms with E-state index in [1.165, 1.54) is 0 Å². The maximum Gasteiger partial charge on any atom is 0.251 e. The first-order valence-electron chi connectivity index (χ1n) is 9.74. The van der Waals surface area contributed by atoms with E-state index in [2.05, 4.69) is 10.0 Å². The van der Waals surface area contributed by atoms with Crippen LogP contribution in [0.2, 0.25) is 5.02 Å². The average molecular weight is 448 g/mol. The molecular weight excluding hydrogens is 422 g/mol. The predicted molar refractivity (Wildman–Crippen MR) is 123 cm³/mol. The molecule has 0 aliphatic carbocycles. The van der Waals surface area contributed by atoms with Crippen LogP contribution in [0.3, 0.4) is 0 Å². The van der Waals surface area contributed by atoms with E-state index in [1.54, 1.807) is 24.3 Å². The van der Waals surface area contributed by atoms with E-state index in [9.17, 15) is 13.2 Å². The van der Waals surface area contributed by atoms with E-state index < -0.39 is 15.6 Å². The number of anilines is 1. The largest absolute Gasteiger partial charge is 0.352 e. The Hall–Kier alpha value is -2.51. The van der Waals surface area contributed by atoms with Gasteiger partial charge in [-0.15, -0.1) is 0 Å². The molecule has 0 bridgehead atoms. The second kappa shape index (κ2) is 8.32. The van der Waals surface area contributed by atoms with Gasteiger partial charge >= 0.3 is 0 Å². The number of nitrogens with zero attached hydrogens (tertiary/aromatic N) is 1. The van der Waals surface area contributed by atoms with Gasteiger partial charge in [-0.05, 0) is 56.2 Å². The lowest BCUT2D eigenvalue weighted by molar-refractivity contribution is -0.128. The molecule has 8 heteroatoms. The van der Waals surface area contributed by atoms with Crippen molar-refractivity contribution in [2.45, 2.75) is 38.8 Å². The number of hydrogen-bond acceptors (Lipinski definition) is 3. The second-order valence-corrected chi connectivity index (χ2v) is 9.83. The molecule has 3 aromatic rings. The molecule has 6 nitrogen and oxygen atoms in total. The van der Waals surface area contributed by atoms with Crippen molar-refractivity contribution in [2.75, 3.05) is 11.0 Å². The molecule has 0 saturated heterocycles. The summed E-state index contributed by atoms with van der Waals surface area (Å²) in [6.07, 6.45) is 3.43. The van der Waals surface area contributed by atoms with Gasteiger partial charge in [-0.3, -0.25) is 9.52 Å². The predicted octanol–water partition coefficient (Wildman–Crippen LogP) is 4.34. The third kappa shape index (κ3) is 4.18. The van der Waals surface area contributed by atoms with Gasteiger partial charge in [0, 0.05) is 22.6 Å². The Kier molecular flexibility index (Phi) is 6.15. The van der Waals surface area contributed by atoms with Crippen molar-refractivity contribution in [3.8, 4) is 0 Å². The first kappa shape index (κ1) is 22.2. The molecule has 3 rings (SSSR count). The molecule has 0 saturated carbocycles. The molecule has 0 radical (unpaired) electrons. The van der Waals surface area contributed by atoms with E-state index in [1.807, 2.05) is 55.8 Å². The van der Waals surface area contributed by atoms with E-state index in [-0.39, 0.29) is 11.9 Å². The number of fused-ring (bicyclic) bond motifs is 1. The summed E-state index contributed by atoms with van der Waals surface area (Å²) in [5, 5.41) is 4.35. The Morgan fingerprint density at radius 3 is 2.37 bits per heavy atom. The van der Waals surface area contributed by atoms with Crippen LogP contribution in [-0.4, -0.2) is 31.2 Å². The summed E-state index contributed by atoms with van der Waals surface area (Å²) in [6, 6.07) is 14.4. The van der Waals surface area contributed by atoms with Gasteiger partial charge in [0.05, 0.1) is 17.5 Å². The fourth-order valence-corrected chi connectivity index (χ4v) is 4.51. The lowest BCUT2D eigenvalue weighted by atomic mass is 9.85. The molecule has 30 heavy (non-hydrogen) atoms. The number of rotatable bonds is 7. The van der Waals surface area contributed by atoms with Crippen LogP contribution < -0.4 is 10.0 Å². The lowest BCUT2D eigenvalue weighted by Gasteiger charge is -2.35. The first-order valence-corrected chi connectivity index (χ1v) is 12.0. The molecule has 0 aliphatic heterocycles. The standard InChI is InChI=1S/C22H26ClN3O3S/c1-5-22(21(27)24-15(2)3,16-9-11-17(23)12-10-16)26-14-13-18-19(25-30(4,28)29)7-6-8-20(18)26/h6-15,25H,5H2,1-4H3,(H,24,27).